The van der Waals surface area contributed by atoms with Crippen LogP contribution in [0.25, 0.3) is 0 Å². The van der Waals surface area contributed by atoms with Crippen LogP contribution in [0, 0.1) is 5.92 Å². The molecule has 2 unspecified atom stereocenters. The van der Waals surface area contributed by atoms with E-state index in [-0.39, 0.29) is 24.3 Å². The number of carbonyl (C=O) groups is 2. The third-order valence-corrected chi connectivity index (χ3v) is 5.49. The Hall–Kier alpha value is -2.86. The molecule has 2 amide bonds. The van der Waals surface area contributed by atoms with Crippen LogP contribution < -0.4 is 5.32 Å². The van der Waals surface area contributed by atoms with Gasteiger partial charge in [0.1, 0.15) is 6.61 Å². The second-order valence-electron chi connectivity index (χ2n) is 7.59. The summed E-state index contributed by atoms with van der Waals surface area (Å²) in [5, 5.41) is 2.98. The molecular formula is C24H30N2O4. The van der Waals surface area contributed by atoms with Crippen molar-refractivity contribution in [2.75, 3.05) is 38.7 Å². The number of anilines is 1. The summed E-state index contributed by atoms with van der Waals surface area (Å²) in [4.78, 5) is 27.2. The van der Waals surface area contributed by atoms with Crippen molar-refractivity contribution >= 4 is 17.7 Å². The van der Waals surface area contributed by atoms with Gasteiger partial charge in [0, 0.05) is 31.8 Å². The number of benzene rings is 2. The Bertz CT molecular complexity index is 823. The maximum absolute atomic E-state index is 13.0. The second-order valence-corrected chi connectivity index (χ2v) is 7.59. The number of ether oxygens (including phenoxy) is 2. The molecule has 0 radical (unpaired) electrons. The van der Waals surface area contributed by atoms with Gasteiger partial charge in [0.25, 0.3) is 0 Å². The van der Waals surface area contributed by atoms with E-state index >= 15 is 0 Å². The van der Waals surface area contributed by atoms with Gasteiger partial charge in [-0.25, -0.2) is 4.79 Å². The molecule has 0 bridgehead atoms. The quantitative estimate of drug-likeness (QED) is 0.699. The molecule has 3 rings (SSSR count). The van der Waals surface area contributed by atoms with E-state index in [2.05, 4.69) is 36.5 Å². The van der Waals surface area contributed by atoms with Crippen LogP contribution in [-0.2, 0) is 20.7 Å². The highest BCUT2D eigenvalue weighted by Gasteiger charge is 2.35. The van der Waals surface area contributed by atoms with E-state index in [4.69, 9.17) is 9.47 Å². The Morgan fingerprint density at radius 2 is 1.77 bits per heavy atom. The minimum Gasteiger partial charge on any atom is -0.447 e. The van der Waals surface area contributed by atoms with Crippen LogP contribution in [-0.4, -0.2) is 50.3 Å². The molecule has 1 aliphatic rings. The molecule has 1 saturated heterocycles. The standard InChI is InChI=1S/C24H30N2O4/c1-3-18-9-11-19(12-10-18)20-15-21(23(27)25-22-7-5-4-6-8-22)17-26(16-20)24(28)30-14-13-29-2/h4-12,20-21H,3,13-17H2,1-2H3,(H,25,27). The van der Waals surface area contributed by atoms with Crippen LogP contribution in [0.3, 0.4) is 0 Å². The summed E-state index contributed by atoms with van der Waals surface area (Å²) in [5.74, 6) is -0.318. The van der Waals surface area contributed by atoms with Gasteiger partial charge in [-0.05, 0) is 36.1 Å². The van der Waals surface area contributed by atoms with E-state index < -0.39 is 6.09 Å². The number of carbonyl (C=O) groups excluding carboxylic acids is 2. The maximum atomic E-state index is 13.0. The average molecular weight is 411 g/mol. The van der Waals surface area contributed by atoms with Crippen molar-refractivity contribution in [3.8, 4) is 0 Å². The Morgan fingerprint density at radius 1 is 1.03 bits per heavy atom. The molecule has 1 fully saturated rings. The number of piperidine rings is 1. The van der Waals surface area contributed by atoms with E-state index in [1.54, 1.807) is 12.0 Å². The molecule has 1 aliphatic heterocycles. The summed E-state index contributed by atoms with van der Waals surface area (Å²) < 4.78 is 10.3. The molecule has 2 atom stereocenters. The molecule has 1 N–H and O–H groups in total. The van der Waals surface area contributed by atoms with Crippen LogP contribution in [0.4, 0.5) is 10.5 Å². The van der Waals surface area contributed by atoms with E-state index in [0.29, 0.717) is 26.1 Å². The molecule has 6 nitrogen and oxygen atoms in total. The van der Waals surface area contributed by atoms with Gasteiger partial charge in [0.05, 0.1) is 12.5 Å². The highest BCUT2D eigenvalue weighted by Crippen LogP contribution is 2.31. The van der Waals surface area contributed by atoms with E-state index in [1.165, 1.54) is 5.56 Å². The van der Waals surface area contributed by atoms with Crippen molar-refractivity contribution in [2.45, 2.75) is 25.7 Å². The lowest BCUT2D eigenvalue weighted by Crippen LogP contribution is -2.47. The molecule has 0 saturated carbocycles. The summed E-state index contributed by atoms with van der Waals surface area (Å²) in [6.07, 6.45) is 1.26. The zero-order chi connectivity index (χ0) is 21.3. The van der Waals surface area contributed by atoms with Crippen LogP contribution in [0.15, 0.2) is 54.6 Å². The van der Waals surface area contributed by atoms with Crippen LogP contribution in [0.1, 0.15) is 30.4 Å². The van der Waals surface area contributed by atoms with E-state index in [9.17, 15) is 9.59 Å². The number of aryl methyl sites for hydroxylation is 1. The Kier molecular flexibility index (Phi) is 7.85. The molecule has 2 aromatic carbocycles. The van der Waals surface area contributed by atoms with Gasteiger partial charge >= 0.3 is 6.09 Å². The fraction of sp³-hybridized carbons (Fsp3) is 0.417. The fourth-order valence-corrected chi connectivity index (χ4v) is 3.77. The molecule has 0 aromatic heterocycles. The highest BCUT2D eigenvalue weighted by molar-refractivity contribution is 5.93. The lowest BCUT2D eigenvalue weighted by atomic mass is 9.84. The van der Waals surface area contributed by atoms with Gasteiger partial charge in [-0.3, -0.25) is 4.79 Å². The first-order valence-corrected chi connectivity index (χ1v) is 10.5. The number of methoxy groups -OCH3 is 1. The molecule has 2 aromatic rings. The van der Waals surface area contributed by atoms with Gasteiger partial charge in [-0.1, -0.05) is 49.4 Å². The Morgan fingerprint density at radius 3 is 2.43 bits per heavy atom. The number of nitrogens with zero attached hydrogens (tertiary/aromatic N) is 1. The zero-order valence-corrected chi connectivity index (χ0v) is 17.7. The van der Waals surface area contributed by atoms with Gasteiger partial charge < -0.3 is 19.7 Å². The lowest BCUT2D eigenvalue weighted by Gasteiger charge is -2.36. The molecule has 160 valence electrons. The number of nitrogens with one attached hydrogen (secondary N) is 1. The van der Waals surface area contributed by atoms with Crippen molar-refractivity contribution in [3.63, 3.8) is 0 Å². The number of hydrogen-bond acceptors (Lipinski definition) is 4. The highest BCUT2D eigenvalue weighted by atomic mass is 16.6. The predicted molar refractivity (Wildman–Crippen MR) is 117 cm³/mol. The van der Waals surface area contributed by atoms with E-state index in [1.807, 2.05) is 30.3 Å². The Balaban J connectivity index is 1.75. The first kappa shape index (κ1) is 21.8. The van der Waals surface area contributed by atoms with Crippen LogP contribution in [0.5, 0.6) is 0 Å². The third kappa shape index (κ3) is 5.83. The van der Waals surface area contributed by atoms with Crippen molar-refractivity contribution < 1.29 is 19.1 Å². The predicted octanol–water partition coefficient (Wildman–Crippen LogP) is 4.08. The summed E-state index contributed by atoms with van der Waals surface area (Å²) >= 11 is 0. The first-order valence-electron chi connectivity index (χ1n) is 10.5. The first-order chi connectivity index (χ1) is 14.6. The lowest BCUT2D eigenvalue weighted by molar-refractivity contribution is -0.121. The van der Waals surface area contributed by atoms with Crippen LogP contribution in [0.2, 0.25) is 0 Å². The third-order valence-electron chi connectivity index (χ3n) is 5.49. The van der Waals surface area contributed by atoms with Gasteiger partial charge in [-0.2, -0.15) is 0 Å². The smallest absolute Gasteiger partial charge is 0.409 e. The zero-order valence-electron chi connectivity index (χ0n) is 17.7. The molecule has 6 heteroatoms. The van der Waals surface area contributed by atoms with Gasteiger partial charge in [-0.15, -0.1) is 0 Å². The molecule has 1 heterocycles. The normalized spacial score (nSPS) is 18.7. The summed E-state index contributed by atoms with van der Waals surface area (Å²) in [6, 6.07) is 17.8. The van der Waals surface area contributed by atoms with Crippen LogP contribution >= 0.6 is 0 Å². The molecular weight excluding hydrogens is 380 g/mol. The number of rotatable bonds is 7. The number of amides is 2. The second kappa shape index (κ2) is 10.8. The number of likely N-dealkylation sites (tertiary alicyclic amines) is 1. The van der Waals surface area contributed by atoms with Gasteiger partial charge in [0.2, 0.25) is 5.91 Å². The molecule has 0 aliphatic carbocycles. The fourth-order valence-electron chi connectivity index (χ4n) is 3.77. The minimum atomic E-state index is -0.403. The SMILES string of the molecule is CCc1ccc(C2CC(C(=O)Nc3ccccc3)CN(C(=O)OCCOC)C2)cc1. The summed E-state index contributed by atoms with van der Waals surface area (Å²) in [5.41, 5.74) is 3.16. The average Bonchev–Trinajstić information content (AvgIpc) is 2.79. The number of hydrogen-bond donors (Lipinski definition) is 1. The largest absolute Gasteiger partial charge is 0.447 e. The van der Waals surface area contributed by atoms with Crippen molar-refractivity contribution in [3.05, 3.63) is 65.7 Å². The van der Waals surface area contributed by atoms with Crippen molar-refractivity contribution in [1.29, 1.82) is 0 Å². The molecule has 0 spiro atoms. The monoisotopic (exact) mass is 410 g/mol. The number of para-hydroxylation sites is 1. The Labute approximate surface area is 178 Å². The van der Waals surface area contributed by atoms with Crippen molar-refractivity contribution in [2.24, 2.45) is 5.92 Å². The summed E-state index contributed by atoms with van der Waals surface area (Å²) in [7, 11) is 1.56. The topological polar surface area (TPSA) is 67.9 Å². The molecule has 30 heavy (non-hydrogen) atoms. The van der Waals surface area contributed by atoms with E-state index in [0.717, 1.165) is 17.7 Å². The van der Waals surface area contributed by atoms with Crippen molar-refractivity contribution in [1.82, 2.24) is 4.90 Å². The minimum absolute atomic E-state index is 0.0751. The summed E-state index contributed by atoms with van der Waals surface area (Å²) in [6.45, 7) is 3.54. The van der Waals surface area contributed by atoms with Gasteiger partial charge in [0.15, 0.2) is 0 Å². The maximum Gasteiger partial charge on any atom is 0.409 e.